The smallest absolute Gasteiger partial charge is 0.308 e. The number of carbonyl (C=O) groups excluding carboxylic acids is 2. The molecule has 0 saturated carbocycles. The van der Waals surface area contributed by atoms with Crippen LogP contribution in [0.25, 0.3) is 5.82 Å². The molecule has 0 aliphatic carbocycles. The highest BCUT2D eigenvalue weighted by Crippen LogP contribution is 2.27. The van der Waals surface area contributed by atoms with Crippen LogP contribution in [-0.4, -0.2) is 68.5 Å². The summed E-state index contributed by atoms with van der Waals surface area (Å²) in [4.78, 5) is 26.3. The maximum Gasteiger partial charge on any atom is 0.308 e. The first-order valence-electron chi connectivity index (χ1n) is 10.3. The van der Waals surface area contributed by atoms with Gasteiger partial charge in [0, 0.05) is 13.5 Å². The number of aromatic nitrogens is 5. The van der Waals surface area contributed by atoms with Crippen LogP contribution in [0, 0.1) is 0 Å². The van der Waals surface area contributed by atoms with Crippen LogP contribution in [0.3, 0.4) is 0 Å². The number of amides is 1. The highest BCUT2D eigenvalue weighted by Gasteiger charge is 2.25. The van der Waals surface area contributed by atoms with Crippen molar-refractivity contribution in [2.24, 2.45) is 5.10 Å². The Hall–Kier alpha value is -4.33. The number of ether oxygens (including phenoxy) is 2. The molecule has 34 heavy (non-hydrogen) atoms. The quantitative estimate of drug-likeness (QED) is 0.185. The molecule has 0 aliphatic heterocycles. The number of hydrazone groups is 1. The van der Waals surface area contributed by atoms with E-state index in [0.29, 0.717) is 23.6 Å². The van der Waals surface area contributed by atoms with Crippen molar-refractivity contribution >= 4 is 23.9 Å². The molecule has 2 heterocycles. The van der Waals surface area contributed by atoms with E-state index in [1.54, 1.807) is 18.2 Å². The number of nitrogens with two attached hydrogens (primary N) is 1. The lowest BCUT2D eigenvalue weighted by molar-refractivity contribution is -0.132. The predicted octanol–water partition coefficient (Wildman–Crippen LogP) is 0.772. The van der Waals surface area contributed by atoms with Crippen molar-refractivity contribution in [2.75, 3.05) is 25.9 Å². The lowest BCUT2D eigenvalue weighted by Gasteiger charge is -2.16. The van der Waals surface area contributed by atoms with Crippen LogP contribution in [0.5, 0.6) is 11.5 Å². The molecular weight excluding hydrogens is 446 g/mol. The van der Waals surface area contributed by atoms with E-state index in [9.17, 15) is 9.59 Å². The molecular formula is C20H25N9O5. The fourth-order valence-corrected chi connectivity index (χ4v) is 3.01. The number of hydrogen-bond acceptors (Lipinski definition) is 12. The van der Waals surface area contributed by atoms with Crippen molar-refractivity contribution in [3.8, 4) is 17.3 Å². The summed E-state index contributed by atoms with van der Waals surface area (Å²) >= 11 is 0. The largest absolute Gasteiger partial charge is 0.493 e. The number of nitrogens with one attached hydrogen (secondary N) is 1. The highest BCUT2D eigenvalue weighted by atomic mass is 16.6. The molecule has 0 fully saturated rings. The maximum atomic E-state index is 13.1. The van der Waals surface area contributed by atoms with Gasteiger partial charge in [0.25, 0.3) is 5.91 Å². The van der Waals surface area contributed by atoms with Crippen LogP contribution >= 0.6 is 0 Å². The summed E-state index contributed by atoms with van der Waals surface area (Å²) in [7, 11) is 1.45. The predicted molar refractivity (Wildman–Crippen MR) is 120 cm³/mol. The summed E-state index contributed by atoms with van der Waals surface area (Å²) in [5.41, 5.74) is 9.33. The van der Waals surface area contributed by atoms with Crippen molar-refractivity contribution < 1.29 is 23.7 Å². The number of rotatable bonds is 10. The molecule has 1 aromatic carbocycles. The highest BCUT2D eigenvalue weighted by molar-refractivity contribution is 5.95. The third-order valence-electron chi connectivity index (χ3n) is 4.74. The van der Waals surface area contributed by atoms with Crippen LogP contribution in [0.15, 0.2) is 27.9 Å². The topological polar surface area (TPSA) is 176 Å². The van der Waals surface area contributed by atoms with E-state index in [-0.39, 0.29) is 23.1 Å². The molecule has 1 amide bonds. The van der Waals surface area contributed by atoms with Gasteiger partial charge in [0.05, 0.1) is 13.3 Å². The van der Waals surface area contributed by atoms with Gasteiger partial charge in [0.15, 0.2) is 17.2 Å². The summed E-state index contributed by atoms with van der Waals surface area (Å²) in [6.07, 6.45) is 1.40. The molecule has 3 rings (SSSR count). The standard InChI is InChI=1S/C20H25N9O5/c1-5-28(6-2)11-14-17(29(27-23-14)19-18(21)25-34-26-19)20(31)24-22-10-13-7-8-15(33-12(3)30)16(9-13)32-4/h7-10H,5-6,11H2,1-4H3,(H2,21,25)(H,24,31)/b22-10+. The monoisotopic (exact) mass is 471 g/mol. The zero-order chi connectivity index (χ0) is 24.7. The van der Waals surface area contributed by atoms with Gasteiger partial charge in [0.1, 0.15) is 5.69 Å². The van der Waals surface area contributed by atoms with Crippen LogP contribution in [-0.2, 0) is 11.3 Å². The van der Waals surface area contributed by atoms with E-state index in [2.05, 4.69) is 40.7 Å². The van der Waals surface area contributed by atoms with Gasteiger partial charge in [-0.1, -0.05) is 19.1 Å². The second kappa shape index (κ2) is 11.0. The zero-order valence-electron chi connectivity index (χ0n) is 19.2. The molecule has 14 nitrogen and oxygen atoms in total. The minimum absolute atomic E-state index is 0.0400. The number of esters is 1. The Balaban J connectivity index is 1.85. The van der Waals surface area contributed by atoms with Crippen LogP contribution < -0.4 is 20.6 Å². The van der Waals surface area contributed by atoms with Crippen molar-refractivity contribution in [2.45, 2.75) is 27.3 Å². The molecule has 3 aromatic rings. The number of anilines is 1. The molecule has 0 saturated heterocycles. The number of methoxy groups -OCH3 is 1. The zero-order valence-corrected chi connectivity index (χ0v) is 19.2. The maximum absolute atomic E-state index is 13.1. The van der Waals surface area contributed by atoms with Gasteiger partial charge in [-0.3, -0.25) is 14.5 Å². The minimum Gasteiger partial charge on any atom is -0.493 e. The molecule has 180 valence electrons. The molecule has 3 N–H and O–H groups in total. The Kier molecular flexibility index (Phi) is 7.87. The minimum atomic E-state index is -0.589. The Bertz CT molecular complexity index is 1180. The average molecular weight is 471 g/mol. The van der Waals surface area contributed by atoms with Gasteiger partial charge in [-0.25, -0.2) is 10.1 Å². The van der Waals surface area contributed by atoms with Gasteiger partial charge < -0.3 is 15.2 Å². The van der Waals surface area contributed by atoms with E-state index < -0.39 is 11.9 Å². The normalized spacial score (nSPS) is 11.2. The SMILES string of the molecule is CCN(CC)Cc1nnn(-c2nonc2N)c1C(=O)N/N=C/c1ccc(OC(C)=O)c(OC)c1. The fourth-order valence-electron chi connectivity index (χ4n) is 3.01. The van der Waals surface area contributed by atoms with E-state index >= 15 is 0 Å². The molecule has 0 bridgehead atoms. The second-order valence-electron chi connectivity index (χ2n) is 6.93. The van der Waals surface area contributed by atoms with Crippen LogP contribution in [0.2, 0.25) is 0 Å². The summed E-state index contributed by atoms with van der Waals surface area (Å²) in [6, 6.07) is 4.81. The van der Waals surface area contributed by atoms with Gasteiger partial charge in [-0.2, -0.15) is 9.78 Å². The average Bonchev–Trinajstić information content (AvgIpc) is 3.43. The molecule has 0 spiro atoms. The molecule has 0 radical (unpaired) electrons. The lowest BCUT2D eigenvalue weighted by atomic mass is 10.2. The van der Waals surface area contributed by atoms with Gasteiger partial charge in [-0.05, 0) is 47.2 Å². The summed E-state index contributed by atoms with van der Waals surface area (Å²) < 4.78 is 16.1. The van der Waals surface area contributed by atoms with Gasteiger partial charge in [-0.15, -0.1) is 5.10 Å². The first-order valence-corrected chi connectivity index (χ1v) is 10.3. The number of nitrogen functional groups attached to an aromatic ring is 1. The molecule has 14 heteroatoms. The third-order valence-corrected chi connectivity index (χ3v) is 4.74. The van der Waals surface area contributed by atoms with Crippen molar-refractivity contribution in [1.29, 1.82) is 0 Å². The Morgan fingerprint density at radius 1 is 1.26 bits per heavy atom. The number of nitrogens with zero attached hydrogens (tertiary/aromatic N) is 7. The molecule has 0 unspecified atom stereocenters. The Morgan fingerprint density at radius 3 is 2.65 bits per heavy atom. The second-order valence-corrected chi connectivity index (χ2v) is 6.93. The van der Waals surface area contributed by atoms with E-state index in [0.717, 1.165) is 17.8 Å². The van der Waals surface area contributed by atoms with E-state index in [4.69, 9.17) is 15.2 Å². The first kappa shape index (κ1) is 24.3. The van der Waals surface area contributed by atoms with Gasteiger partial charge in [0.2, 0.25) is 11.6 Å². The first-order chi connectivity index (χ1) is 16.4. The van der Waals surface area contributed by atoms with Crippen molar-refractivity contribution in [3.05, 3.63) is 35.2 Å². The lowest BCUT2D eigenvalue weighted by Crippen LogP contribution is -2.27. The number of hydrogen-bond donors (Lipinski definition) is 2. The molecule has 2 aromatic heterocycles. The van der Waals surface area contributed by atoms with Crippen molar-refractivity contribution in [3.63, 3.8) is 0 Å². The van der Waals surface area contributed by atoms with E-state index in [1.165, 1.54) is 20.2 Å². The summed E-state index contributed by atoms with van der Waals surface area (Å²) in [6.45, 7) is 7.17. The Morgan fingerprint density at radius 2 is 2.03 bits per heavy atom. The summed E-state index contributed by atoms with van der Waals surface area (Å²) in [5, 5.41) is 19.4. The Labute approximate surface area is 194 Å². The summed E-state index contributed by atoms with van der Waals surface area (Å²) in [5.74, 6) is -0.459. The van der Waals surface area contributed by atoms with Crippen molar-refractivity contribution in [1.82, 2.24) is 35.6 Å². The fraction of sp³-hybridized carbons (Fsp3) is 0.350. The molecule has 0 atom stereocenters. The van der Waals surface area contributed by atoms with Crippen LogP contribution in [0.4, 0.5) is 5.82 Å². The number of carbonyl (C=O) groups is 2. The number of benzene rings is 1. The van der Waals surface area contributed by atoms with Gasteiger partial charge >= 0.3 is 5.97 Å². The third kappa shape index (κ3) is 5.53. The molecule has 0 aliphatic rings. The van der Waals surface area contributed by atoms with Crippen LogP contribution in [0.1, 0.15) is 42.5 Å². The van der Waals surface area contributed by atoms with E-state index in [1.807, 2.05) is 13.8 Å².